The Balaban J connectivity index is 3.89. The van der Waals surface area contributed by atoms with Crippen LogP contribution in [0.25, 0.3) is 0 Å². The van der Waals surface area contributed by atoms with E-state index in [1.165, 1.54) is 12.2 Å². The summed E-state index contributed by atoms with van der Waals surface area (Å²) in [5, 5.41) is 0. The lowest BCUT2D eigenvalue weighted by atomic mass is 10.1. The van der Waals surface area contributed by atoms with Crippen molar-refractivity contribution in [2.75, 3.05) is 20.3 Å². The summed E-state index contributed by atoms with van der Waals surface area (Å²) in [5.74, 6) is 0.926. The average molecular weight is 250 g/mol. The maximum atomic E-state index is 11.1. The number of ether oxygens (including phenoxy) is 2. The summed E-state index contributed by atoms with van der Waals surface area (Å²) in [7, 11) is 1.60. The van der Waals surface area contributed by atoms with E-state index in [0.717, 1.165) is 6.42 Å². The van der Waals surface area contributed by atoms with Gasteiger partial charge in [0, 0.05) is 13.2 Å². The first-order chi connectivity index (χ1) is 8.60. The largest absolute Gasteiger partial charge is 0.496 e. The normalized spacial score (nSPS) is 11.7. The average Bonchev–Trinajstić information content (AvgIpc) is 2.33. The van der Waals surface area contributed by atoms with Crippen LogP contribution in [-0.4, -0.2) is 26.1 Å². The van der Waals surface area contributed by atoms with Crippen molar-refractivity contribution in [3.63, 3.8) is 0 Å². The molecule has 100 valence electrons. The van der Waals surface area contributed by atoms with Crippen LogP contribution in [0.2, 0.25) is 0 Å². The first-order valence-corrected chi connectivity index (χ1v) is 5.97. The lowest BCUT2D eigenvalue weighted by Crippen LogP contribution is -2.07. The second kappa shape index (κ2) is 10.6. The molecular weight excluding hydrogens is 228 g/mol. The van der Waals surface area contributed by atoms with Gasteiger partial charge in [-0.05, 0) is 31.4 Å². The molecule has 0 spiro atoms. The maximum Gasteiger partial charge on any atom is 0.185 e. The van der Waals surface area contributed by atoms with Gasteiger partial charge >= 0.3 is 0 Å². The molecule has 0 aromatic carbocycles. The van der Waals surface area contributed by atoms with E-state index in [-0.39, 0.29) is 5.78 Å². The van der Waals surface area contributed by atoms with Crippen molar-refractivity contribution in [2.45, 2.75) is 20.3 Å². The Morgan fingerprint density at radius 3 is 2.83 bits per heavy atom. The van der Waals surface area contributed by atoms with Crippen LogP contribution < -0.4 is 0 Å². The maximum absolute atomic E-state index is 11.1. The van der Waals surface area contributed by atoms with E-state index in [9.17, 15) is 4.79 Å². The van der Waals surface area contributed by atoms with Crippen molar-refractivity contribution < 1.29 is 14.3 Å². The number of carbonyl (C=O) groups excluding carboxylic acids is 1. The monoisotopic (exact) mass is 250 g/mol. The topological polar surface area (TPSA) is 35.5 Å². The van der Waals surface area contributed by atoms with Gasteiger partial charge in [-0.2, -0.15) is 0 Å². The summed E-state index contributed by atoms with van der Waals surface area (Å²) in [5.41, 5.74) is 2.86. The number of ketones is 1. The van der Waals surface area contributed by atoms with Gasteiger partial charge in [-0.3, -0.25) is 4.79 Å². The fourth-order valence-corrected chi connectivity index (χ4v) is 1.15. The molecule has 0 bridgehead atoms. The molecule has 3 heteroatoms. The number of rotatable bonds is 9. The Hall–Kier alpha value is -1.57. The molecule has 18 heavy (non-hydrogen) atoms. The minimum absolute atomic E-state index is 0.0499. The van der Waals surface area contributed by atoms with Crippen molar-refractivity contribution in [1.29, 1.82) is 0 Å². The molecule has 0 amide bonds. The highest BCUT2D eigenvalue weighted by Crippen LogP contribution is 2.06. The van der Waals surface area contributed by atoms with E-state index in [1.54, 1.807) is 13.2 Å². The summed E-state index contributed by atoms with van der Waals surface area (Å²) in [6, 6.07) is 0. The number of allylic oxidation sites excluding steroid dienone is 3. The second-order valence-corrected chi connectivity index (χ2v) is 4.04. The summed E-state index contributed by atoms with van der Waals surface area (Å²) in [4.78, 5) is 11.1. The highest BCUT2D eigenvalue weighted by Gasteiger charge is 2.01. The molecule has 3 nitrogen and oxygen atoms in total. The molecule has 0 rings (SSSR count). The first kappa shape index (κ1) is 16.4. The Kier molecular flexibility index (Phi) is 9.65. The Morgan fingerprint density at radius 1 is 1.50 bits per heavy atom. The lowest BCUT2D eigenvalue weighted by Gasteiger charge is -2.12. The minimum atomic E-state index is -0.0499. The molecule has 0 aliphatic heterocycles. The van der Waals surface area contributed by atoms with E-state index in [0.29, 0.717) is 24.9 Å². The van der Waals surface area contributed by atoms with Crippen LogP contribution in [0.3, 0.4) is 0 Å². The van der Waals surface area contributed by atoms with E-state index in [4.69, 9.17) is 9.47 Å². The Morgan fingerprint density at radius 2 is 2.22 bits per heavy atom. The van der Waals surface area contributed by atoms with Crippen molar-refractivity contribution in [2.24, 2.45) is 5.92 Å². The van der Waals surface area contributed by atoms with E-state index >= 15 is 0 Å². The molecule has 0 aliphatic rings. The van der Waals surface area contributed by atoms with Crippen LogP contribution in [0.4, 0.5) is 0 Å². The van der Waals surface area contributed by atoms with Crippen molar-refractivity contribution in [1.82, 2.24) is 0 Å². The SMILES string of the molecule is C=C(COC)OCC(C)CC=C=CC(=O)/C=C\C. The quantitative estimate of drug-likeness (QED) is 0.358. The molecule has 0 saturated heterocycles. The minimum Gasteiger partial charge on any atom is -0.496 e. The molecule has 0 aromatic heterocycles. The molecule has 1 unspecified atom stereocenters. The Bertz CT molecular complexity index is 347. The fourth-order valence-electron chi connectivity index (χ4n) is 1.15. The molecule has 0 saturated carbocycles. The van der Waals surface area contributed by atoms with Crippen molar-refractivity contribution in [3.05, 3.63) is 42.4 Å². The predicted octanol–water partition coefficient (Wildman–Crippen LogP) is 3.05. The molecule has 0 fully saturated rings. The number of hydrogen-bond donors (Lipinski definition) is 0. The number of carbonyl (C=O) groups is 1. The third kappa shape index (κ3) is 9.64. The summed E-state index contributed by atoms with van der Waals surface area (Å²) in [6.07, 6.45) is 7.28. The smallest absolute Gasteiger partial charge is 0.185 e. The molecule has 0 radical (unpaired) electrons. The van der Waals surface area contributed by atoms with Crippen LogP contribution in [-0.2, 0) is 14.3 Å². The van der Waals surface area contributed by atoms with Crippen LogP contribution >= 0.6 is 0 Å². The number of methoxy groups -OCH3 is 1. The zero-order valence-corrected chi connectivity index (χ0v) is 11.4. The third-order valence-electron chi connectivity index (χ3n) is 2.07. The highest BCUT2D eigenvalue weighted by atomic mass is 16.5. The summed E-state index contributed by atoms with van der Waals surface area (Å²) < 4.78 is 10.3. The lowest BCUT2D eigenvalue weighted by molar-refractivity contribution is -0.110. The zero-order chi connectivity index (χ0) is 13.8. The number of hydrogen-bond acceptors (Lipinski definition) is 3. The Labute approximate surface area is 109 Å². The highest BCUT2D eigenvalue weighted by molar-refractivity contribution is 5.98. The molecule has 1 atom stereocenters. The van der Waals surface area contributed by atoms with Gasteiger partial charge in [-0.25, -0.2) is 0 Å². The predicted molar refractivity (Wildman–Crippen MR) is 73.2 cm³/mol. The van der Waals surface area contributed by atoms with Gasteiger partial charge in [-0.1, -0.05) is 19.6 Å². The molecule has 0 N–H and O–H groups in total. The van der Waals surface area contributed by atoms with Crippen LogP contribution in [0.1, 0.15) is 20.3 Å². The third-order valence-corrected chi connectivity index (χ3v) is 2.07. The van der Waals surface area contributed by atoms with Crippen LogP contribution in [0, 0.1) is 5.92 Å². The van der Waals surface area contributed by atoms with Gasteiger partial charge < -0.3 is 9.47 Å². The van der Waals surface area contributed by atoms with Crippen LogP contribution in [0.5, 0.6) is 0 Å². The first-order valence-electron chi connectivity index (χ1n) is 5.97. The van der Waals surface area contributed by atoms with E-state index < -0.39 is 0 Å². The standard InChI is InChI=1S/C15H22O3/c1-5-8-15(16)10-7-6-9-13(2)11-18-14(3)12-17-4/h5-6,8,10,13H,3,9,11-12H2,1-2,4H3/b8-5-. The van der Waals surface area contributed by atoms with Gasteiger partial charge in [0.1, 0.15) is 12.4 Å². The van der Waals surface area contributed by atoms with Crippen molar-refractivity contribution in [3.8, 4) is 0 Å². The zero-order valence-electron chi connectivity index (χ0n) is 11.4. The van der Waals surface area contributed by atoms with Gasteiger partial charge in [0.25, 0.3) is 0 Å². The van der Waals surface area contributed by atoms with Gasteiger partial charge in [0.05, 0.1) is 6.61 Å². The fraction of sp³-hybridized carbons (Fsp3) is 0.467. The van der Waals surface area contributed by atoms with E-state index in [2.05, 4.69) is 19.2 Å². The van der Waals surface area contributed by atoms with Gasteiger partial charge in [0.2, 0.25) is 0 Å². The second-order valence-electron chi connectivity index (χ2n) is 4.04. The van der Waals surface area contributed by atoms with E-state index in [1.807, 2.05) is 13.0 Å². The molecule has 0 aliphatic carbocycles. The molecule has 0 heterocycles. The molecule has 0 aromatic rings. The van der Waals surface area contributed by atoms with Crippen molar-refractivity contribution >= 4 is 5.78 Å². The summed E-state index contributed by atoms with van der Waals surface area (Å²) >= 11 is 0. The van der Waals surface area contributed by atoms with Gasteiger partial charge in [-0.15, -0.1) is 5.73 Å². The molecular formula is C15H22O3. The van der Waals surface area contributed by atoms with Crippen LogP contribution in [0.15, 0.2) is 42.4 Å². The summed E-state index contributed by atoms with van der Waals surface area (Å²) in [6.45, 7) is 8.60. The van der Waals surface area contributed by atoms with Gasteiger partial charge in [0.15, 0.2) is 5.78 Å².